The summed E-state index contributed by atoms with van der Waals surface area (Å²) < 4.78 is 5.55. The standard InChI is InChI=1S/C8H16N2O/c1-2-9-4-8(5-10-6-8)7-11-3-1/h9-10H,1-7H2. The van der Waals surface area contributed by atoms with Gasteiger partial charge in [0.05, 0.1) is 6.61 Å². The van der Waals surface area contributed by atoms with Crippen molar-refractivity contribution in [2.45, 2.75) is 6.42 Å². The van der Waals surface area contributed by atoms with Gasteiger partial charge in [-0.25, -0.2) is 0 Å². The fourth-order valence-corrected chi connectivity index (χ4v) is 1.70. The van der Waals surface area contributed by atoms with Gasteiger partial charge in [-0.1, -0.05) is 0 Å². The summed E-state index contributed by atoms with van der Waals surface area (Å²) >= 11 is 0. The van der Waals surface area contributed by atoms with Gasteiger partial charge in [0.1, 0.15) is 0 Å². The van der Waals surface area contributed by atoms with Crippen molar-refractivity contribution in [2.24, 2.45) is 5.41 Å². The number of rotatable bonds is 0. The molecule has 64 valence electrons. The minimum absolute atomic E-state index is 0.431. The van der Waals surface area contributed by atoms with Gasteiger partial charge >= 0.3 is 0 Å². The lowest BCUT2D eigenvalue weighted by Gasteiger charge is -2.43. The zero-order valence-corrected chi connectivity index (χ0v) is 6.86. The van der Waals surface area contributed by atoms with Gasteiger partial charge in [0.15, 0.2) is 0 Å². The van der Waals surface area contributed by atoms with Crippen molar-refractivity contribution in [1.29, 1.82) is 0 Å². The summed E-state index contributed by atoms with van der Waals surface area (Å²) in [5, 5.41) is 6.76. The predicted molar refractivity (Wildman–Crippen MR) is 43.6 cm³/mol. The molecule has 0 radical (unpaired) electrons. The van der Waals surface area contributed by atoms with Gasteiger partial charge in [0, 0.05) is 31.7 Å². The van der Waals surface area contributed by atoms with Gasteiger partial charge in [0.25, 0.3) is 0 Å². The molecule has 2 saturated heterocycles. The highest BCUT2D eigenvalue weighted by Gasteiger charge is 2.37. The zero-order valence-electron chi connectivity index (χ0n) is 6.86. The second kappa shape index (κ2) is 3.09. The van der Waals surface area contributed by atoms with Crippen LogP contribution < -0.4 is 10.6 Å². The highest BCUT2D eigenvalue weighted by Crippen LogP contribution is 2.22. The van der Waals surface area contributed by atoms with Gasteiger partial charge in [-0.05, 0) is 13.0 Å². The molecular weight excluding hydrogens is 140 g/mol. The van der Waals surface area contributed by atoms with E-state index in [0.717, 1.165) is 45.8 Å². The molecule has 0 aliphatic carbocycles. The summed E-state index contributed by atoms with van der Waals surface area (Å²) in [5.41, 5.74) is 0.431. The molecule has 2 aliphatic heterocycles. The lowest BCUT2D eigenvalue weighted by molar-refractivity contribution is 0.000307. The predicted octanol–water partition coefficient (Wildman–Crippen LogP) is -0.414. The van der Waals surface area contributed by atoms with E-state index in [1.165, 1.54) is 0 Å². The van der Waals surface area contributed by atoms with Crippen molar-refractivity contribution in [1.82, 2.24) is 10.6 Å². The van der Waals surface area contributed by atoms with E-state index in [9.17, 15) is 0 Å². The van der Waals surface area contributed by atoms with Crippen LogP contribution in [0.2, 0.25) is 0 Å². The van der Waals surface area contributed by atoms with E-state index in [2.05, 4.69) is 10.6 Å². The van der Waals surface area contributed by atoms with Crippen molar-refractivity contribution in [3.05, 3.63) is 0 Å². The Morgan fingerprint density at radius 1 is 1.09 bits per heavy atom. The van der Waals surface area contributed by atoms with Crippen LogP contribution in [0.3, 0.4) is 0 Å². The molecule has 2 N–H and O–H groups in total. The molecule has 0 saturated carbocycles. The lowest BCUT2D eigenvalue weighted by atomic mass is 9.82. The molecule has 0 atom stereocenters. The minimum Gasteiger partial charge on any atom is -0.381 e. The van der Waals surface area contributed by atoms with E-state index >= 15 is 0 Å². The fourth-order valence-electron chi connectivity index (χ4n) is 1.70. The van der Waals surface area contributed by atoms with Gasteiger partial charge in [0.2, 0.25) is 0 Å². The van der Waals surface area contributed by atoms with E-state index in [0.29, 0.717) is 5.41 Å². The third-order valence-corrected chi connectivity index (χ3v) is 2.55. The molecule has 0 unspecified atom stereocenters. The average Bonchev–Trinajstić information content (AvgIpc) is 1.82. The maximum absolute atomic E-state index is 5.55. The summed E-state index contributed by atoms with van der Waals surface area (Å²) in [6.07, 6.45) is 1.16. The first kappa shape index (κ1) is 7.53. The van der Waals surface area contributed by atoms with E-state index < -0.39 is 0 Å². The molecule has 0 bridgehead atoms. The normalized spacial score (nSPS) is 30.5. The highest BCUT2D eigenvalue weighted by molar-refractivity contribution is 4.94. The largest absolute Gasteiger partial charge is 0.381 e. The van der Waals surface area contributed by atoms with E-state index in [1.807, 2.05) is 0 Å². The Hall–Kier alpha value is -0.120. The van der Waals surface area contributed by atoms with E-state index in [4.69, 9.17) is 4.74 Å². The van der Waals surface area contributed by atoms with Crippen LogP contribution in [0.25, 0.3) is 0 Å². The molecule has 3 heteroatoms. The quantitative estimate of drug-likeness (QED) is 0.500. The molecule has 0 aromatic heterocycles. The van der Waals surface area contributed by atoms with Gasteiger partial charge < -0.3 is 15.4 Å². The first-order valence-electron chi connectivity index (χ1n) is 4.41. The summed E-state index contributed by atoms with van der Waals surface area (Å²) in [6, 6.07) is 0. The van der Waals surface area contributed by atoms with Crippen LogP contribution in [-0.2, 0) is 4.74 Å². The second-order valence-corrected chi connectivity index (χ2v) is 3.69. The molecule has 0 aromatic carbocycles. The first-order valence-corrected chi connectivity index (χ1v) is 4.41. The molecule has 0 aromatic rings. The molecule has 11 heavy (non-hydrogen) atoms. The molecule has 2 fully saturated rings. The summed E-state index contributed by atoms with van der Waals surface area (Å²) in [5.74, 6) is 0. The molecule has 2 heterocycles. The maximum Gasteiger partial charge on any atom is 0.0559 e. The minimum atomic E-state index is 0.431. The molecule has 2 aliphatic rings. The average molecular weight is 156 g/mol. The Labute approximate surface area is 67.5 Å². The third kappa shape index (κ3) is 1.55. The molecular formula is C8H16N2O. The Morgan fingerprint density at radius 2 is 1.91 bits per heavy atom. The Balaban J connectivity index is 1.86. The van der Waals surface area contributed by atoms with Crippen LogP contribution in [0.1, 0.15) is 6.42 Å². The number of hydrogen-bond donors (Lipinski definition) is 2. The SMILES string of the molecule is C1CNCC2(CNC2)COC1. The highest BCUT2D eigenvalue weighted by atomic mass is 16.5. The molecule has 0 amide bonds. The number of nitrogens with one attached hydrogen (secondary N) is 2. The Morgan fingerprint density at radius 3 is 2.64 bits per heavy atom. The summed E-state index contributed by atoms with van der Waals surface area (Å²) in [7, 11) is 0. The van der Waals surface area contributed by atoms with Crippen LogP contribution in [0, 0.1) is 5.41 Å². The molecule has 2 rings (SSSR count). The topological polar surface area (TPSA) is 33.3 Å². The third-order valence-electron chi connectivity index (χ3n) is 2.55. The maximum atomic E-state index is 5.55. The van der Waals surface area contributed by atoms with Crippen molar-refractivity contribution < 1.29 is 4.74 Å². The summed E-state index contributed by atoms with van der Waals surface area (Å²) in [6.45, 7) is 6.35. The van der Waals surface area contributed by atoms with Crippen molar-refractivity contribution >= 4 is 0 Å². The second-order valence-electron chi connectivity index (χ2n) is 3.69. The Bertz CT molecular complexity index is 124. The zero-order chi connectivity index (χ0) is 7.57. The van der Waals surface area contributed by atoms with E-state index in [-0.39, 0.29) is 0 Å². The van der Waals surface area contributed by atoms with E-state index in [1.54, 1.807) is 0 Å². The van der Waals surface area contributed by atoms with Gasteiger partial charge in [-0.2, -0.15) is 0 Å². The first-order chi connectivity index (χ1) is 5.41. The number of ether oxygens (including phenoxy) is 1. The number of hydrogen-bond acceptors (Lipinski definition) is 3. The van der Waals surface area contributed by atoms with Crippen molar-refractivity contribution in [3.63, 3.8) is 0 Å². The van der Waals surface area contributed by atoms with Crippen LogP contribution in [-0.4, -0.2) is 39.4 Å². The van der Waals surface area contributed by atoms with Gasteiger partial charge in [-0.15, -0.1) is 0 Å². The van der Waals surface area contributed by atoms with Crippen LogP contribution >= 0.6 is 0 Å². The molecule has 3 nitrogen and oxygen atoms in total. The lowest BCUT2D eigenvalue weighted by Crippen LogP contribution is -2.61. The fraction of sp³-hybridized carbons (Fsp3) is 1.00. The monoisotopic (exact) mass is 156 g/mol. The van der Waals surface area contributed by atoms with Gasteiger partial charge in [-0.3, -0.25) is 0 Å². The Kier molecular flexibility index (Phi) is 2.11. The smallest absolute Gasteiger partial charge is 0.0559 e. The summed E-state index contributed by atoms with van der Waals surface area (Å²) in [4.78, 5) is 0. The van der Waals surface area contributed by atoms with Crippen LogP contribution in [0.15, 0.2) is 0 Å². The van der Waals surface area contributed by atoms with Crippen LogP contribution in [0.5, 0.6) is 0 Å². The van der Waals surface area contributed by atoms with Crippen LogP contribution in [0.4, 0.5) is 0 Å². The van der Waals surface area contributed by atoms with Crippen molar-refractivity contribution in [3.8, 4) is 0 Å². The molecule has 1 spiro atoms. The van der Waals surface area contributed by atoms with Crippen molar-refractivity contribution in [2.75, 3.05) is 39.4 Å².